The zero-order valence-electron chi connectivity index (χ0n) is 9.82. The number of aromatic nitrogens is 1. The van der Waals surface area contributed by atoms with Gasteiger partial charge in [-0.15, -0.1) is 0 Å². The molecule has 0 spiro atoms. The van der Waals surface area contributed by atoms with Crippen LogP contribution < -0.4 is 5.32 Å². The van der Waals surface area contributed by atoms with Crippen LogP contribution in [0, 0.1) is 5.82 Å². The summed E-state index contributed by atoms with van der Waals surface area (Å²) in [4.78, 5) is 17.3. The van der Waals surface area contributed by atoms with Gasteiger partial charge in [0.2, 0.25) is 5.91 Å². The summed E-state index contributed by atoms with van der Waals surface area (Å²) in [6, 6.07) is 2.86. The fourth-order valence-electron chi connectivity index (χ4n) is 2.04. The van der Waals surface area contributed by atoms with Crippen molar-refractivity contribution in [1.82, 2.24) is 9.88 Å². The first-order chi connectivity index (χ1) is 8.20. The zero-order valence-corrected chi connectivity index (χ0v) is 9.82. The average molecular weight is 237 g/mol. The highest BCUT2D eigenvalue weighted by Gasteiger charge is 2.29. The Kier molecular flexibility index (Phi) is 3.56. The van der Waals surface area contributed by atoms with Crippen molar-refractivity contribution in [2.75, 3.05) is 18.4 Å². The molecule has 0 bridgehead atoms. The lowest BCUT2D eigenvalue weighted by Crippen LogP contribution is -2.28. The number of nitrogens with zero attached hydrogens (tertiary/aromatic N) is 2. The minimum atomic E-state index is -0.381. The van der Waals surface area contributed by atoms with Crippen molar-refractivity contribution >= 4 is 11.7 Å². The Bertz CT molecular complexity index is 410. The average Bonchev–Trinajstić information content (AvgIpc) is 2.63. The molecule has 1 N–H and O–H groups in total. The minimum absolute atomic E-state index is 0.0431. The second kappa shape index (κ2) is 5.12. The standard InChI is InChI=1S/C12H16FN3O/c1-2-6-16-8-9(7-11(16)17)15-12-10(13)4-3-5-14-12/h3-5,9H,2,6-8H2,1H3,(H,14,15). The van der Waals surface area contributed by atoms with Crippen LogP contribution in [0.25, 0.3) is 0 Å². The van der Waals surface area contributed by atoms with Crippen LogP contribution in [0.2, 0.25) is 0 Å². The number of amides is 1. The van der Waals surface area contributed by atoms with Gasteiger partial charge in [0, 0.05) is 25.7 Å². The molecule has 1 aromatic rings. The fraction of sp³-hybridized carbons (Fsp3) is 0.500. The van der Waals surface area contributed by atoms with E-state index >= 15 is 0 Å². The second-order valence-corrected chi connectivity index (χ2v) is 4.22. The highest BCUT2D eigenvalue weighted by Crippen LogP contribution is 2.17. The molecule has 1 aliphatic heterocycles. The third-order valence-corrected chi connectivity index (χ3v) is 2.81. The van der Waals surface area contributed by atoms with Crippen LogP contribution in [0.1, 0.15) is 19.8 Å². The number of likely N-dealkylation sites (tertiary alicyclic amines) is 1. The molecule has 1 saturated heterocycles. The highest BCUT2D eigenvalue weighted by atomic mass is 19.1. The summed E-state index contributed by atoms with van der Waals surface area (Å²) in [6.45, 7) is 3.43. The first kappa shape index (κ1) is 11.8. The molecule has 1 aliphatic rings. The largest absolute Gasteiger partial charge is 0.363 e. The van der Waals surface area contributed by atoms with E-state index in [1.807, 2.05) is 6.92 Å². The van der Waals surface area contributed by atoms with Crippen molar-refractivity contribution in [2.45, 2.75) is 25.8 Å². The second-order valence-electron chi connectivity index (χ2n) is 4.22. The Balaban J connectivity index is 1.98. The lowest BCUT2D eigenvalue weighted by atomic mass is 10.2. The van der Waals surface area contributed by atoms with E-state index in [2.05, 4.69) is 10.3 Å². The van der Waals surface area contributed by atoms with Crippen LogP contribution in [0.3, 0.4) is 0 Å². The molecule has 17 heavy (non-hydrogen) atoms. The van der Waals surface area contributed by atoms with Crippen molar-refractivity contribution < 1.29 is 9.18 Å². The van der Waals surface area contributed by atoms with Crippen molar-refractivity contribution in [3.8, 4) is 0 Å². The van der Waals surface area contributed by atoms with Crippen molar-refractivity contribution in [3.05, 3.63) is 24.1 Å². The van der Waals surface area contributed by atoms with E-state index < -0.39 is 0 Å². The first-order valence-corrected chi connectivity index (χ1v) is 5.85. The number of carbonyl (C=O) groups is 1. The van der Waals surface area contributed by atoms with Gasteiger partial charge in [-0.25, -0.2) is 9.37 Å². The summed E-state index contributed by atoms with van der Waals surface area (Å²) in [6.07, 6.45) is 2.89. The monoisotopic (exact) mass is 237 g/mol. The van der Waals surface area contributed by atoms with E-state index in [1.54, 1.807) is 11.0 Å². The van der Waals surface area contributed by atoms with E-state index in [1.165, 1.54) is 12.3 Å². The molecule has 0 aliphatic carbocycles. The van der Waals surface area contributed by atoms with E-state index in [-0.39, 0.29) is 23.6 Å². The Morgan fingerprint density at radius 3 is 3.18 bits per heavy atom. The quantitative estimate of drug-likeness (QED) is 0.866. The Morgan fingerprint density at radius 2 is 2.47 bits per heavy atom. The molecule has 1 amide bonds. The summed E-state index contributed by atoms with van der Waals surface area (Å²) in [5.41, 5.74) is 0. The topological polar surface area (TPSA) is 45.2 Å². The fourth-order valence-corrected chi connectivity index (χ4v) is 2.04. The third kappa shape index (κ3) is 2.72. The SMILES string of the molecule is CCCN1CC(Nc2ncccc2F)CC1=O. The van der Waals surface area contributed by atoms with Crippen LogP contribution in [0.15, 0.2) is 18.3 Å². The van der Waals surface area contributed by atoms with Crippen LogP contribution in [0.4, 0.5) is 10.2 Å². The van der Waals surface area contributed by atoms with E-state index in [0.29, 0.717) is 13.0 Å². The number of nitrogens with one attached hydrogen (secondary N) is 1. The molecular weight excluding hydrogens is 221 g/mol. The van der Waals surface area contributed by atoms with Gasteiger partial charge in [0.25, 0.3) is 0 Å². The highest BCUT2D eigenvalue weighted by molar-refractivity contribution is 5.79. The third-order valence-electron chi connectivity index (χ3n) is 2.81. The van der Waals surface area contributed by atoms with Gasteiger partial charge in [0.15, 0.2) is 11.6 Å². The molecule has 2 rings (SSSR count). The van der Waals surface area contributed by atoms with Crippen molar-refractivity contribution in [3.63, 3.8) is 0 Å². The molecule has 1 atom stereocenters. The Morgan fingerprint density at radius 1 is 1.65 bits per heavy atom. The summed E-state index contributed by atoms with van der Waals surface area (Å²) in [5.74, 6) is -0.0294. The Hall–Kier alpha value is -1.65. The van der Waals surface area contributed by atoms with Gasteiger partial charge in [-0.2, -0.15) is 0 Å². The van der Waals surface area contributed by atoms with Crippen LogP contribution in [-0.2, 0) is 4.79 Å². The first-order valence-electron chi connectivity index (χ1n) is 5.85. The van der Waals surface area contributed by atoms with Crippen molar-refractivity contribution in [1.29, 1.82) is 0 Å². The number of anilines is 1. The normalized spacial score (nSPS) is 19.8. The number of pyridine rings is 1. The van der Waals surface area contributed by atoms with Crippen LogP contribution >= 0.6 is 0 Å². The van der Waals surface area contributed by atoms with E-state index in [4.69, 9.17) is 0 Å². The molecule has 92 valence electrons. The zero-order chi connectivity index (χ0) is 12.3. The lowest BCUT2D eigenvalue weighted by molar-refractivity contribution is -0.127. The maximum atomic E-state index is 13.4. The predicted octanol–water partition coefficient (Wildman–Crippen LogP) is 1.64. The van der Waals surface area contributed by atoms with Gasteiger partial charge in [-0.1, -0.05) is 6.92 Å². The summed E-state index contributed by atoms with van der Waals surface area (Å²) in [5, 5.41) is 2.98. The lowest BCUT2D eigenvalue weighted by Gasteiger charge is -2.16. The summed E-state index contributed by atoms with van der Waals surface area (Å²) in [7, 11) is 0. The van der Waals surface area contributed by atoms with Crippen molar-refractivity contribution in [2.24, 2.45) is 0 Å². The van der Waals surface area contributed by atoms with Gasteiger partial charge in [-0.3, -0.25) is 4.79 Å². The number of hydrogen-bond acceptors (Lipinski definition) is 3. The van der Waals surface area contributed by atoms with Crippen LogP contribution in [0.5, 0.6) is 0 Å². The van der Waals surface area contributed by atoms with Crippen LogP contribution in [-0.4, -0.2) is 34.9 Å². The predicted molar refractivity (Wildman–Crippen MR) is 63.1 cm³/mol. The van der Waals surface area contributed by atoms with Gasteiger partial charge in [0.05, 0.1) is 6.04 Å². The summed E-state index contributed by atoms with van der Waals surface area (Å²) >= 11 is 0. The van der Waals surface area contributed by atoms with Gasteiger partial charge in [-0.05, 0) is 18.6 Å². The smallest absolute Gasteiger partial charge is 0.224 e. The molecule has 5 heteroatoms. The minimum Gasteiger partial charge on any atom is -0.363 e. The molecule has 1 unspecified atom stereocenters. The van der Waals surface area contributed by atoms with E-state index in [0.717, 1.165) is 13.0 Å². The van der Waals surface area contributed by atoms with Gasteiger partial charge < -0.3 is 10.2 Å². The van der Waals surface area contributed by atoms with Gasteiger partial charge in [0.1, 0.15) is 0 Å². The maximum Gasteiger partial charge on any atom is 0.224 e. The molecule has 1 fully saturated rings. The number of rotatable bonds is 4. The molecule has 0 radical (unpaired) electrons. The number of halogens is 1. The molecular formula is C12H16FN3O. The summed E-state index contributed by atoms with van der Waals surface area (Å²) < 4.78 is 13.4. The molecule has 0 saturated carbocycles. The Labute approximate surface area is 99.8 Å². The maximum absolute atomic E-state index is 13.4. The van der Waals surface area contributed by atoms with Gasteiger partial charge >= 0.3 is 0 Å². The van der Waals surface area contributed by atoms with E-state index in [9.17, 15) is 9.18 Å². The molecule has 4 nitrogen and oxygen atoms in total. The molecule has 0 aromatic carbocycles. The molecule has 1 aromatic heterocycles. The number of hydrogen-bond donors (Lipinski definition) is 1. The molecule has 2 heterocycles. The number of carbonyl (C=O) groups excluding carboxylic acids is 1.